The summed E-state index contributed by atoms with van der Waals surface area (Å²) in [4.78, 5) is 8.40. The molecule has 2 heterocycles. The van der Waals surface area contributed by atoms with E-state index in [1.165, 1.54) is 12.8 Å². The van der Waals surface area contributed by atoms with Crippen LogP contribution < -0.4 is 9.47 Å². The van der Waals surface area contributed by atoms with Crippen LogP contribution in [-0.4, -0.2) is 23.2 Å². The second-order valence-corrected chi connectivity index (χ2v) is 5.70. The fourth-order valence-corrected chi connectivity index (χ4v) is 2.79. The zero-order valence-electron chi connectivity index (χ0n) is 13.6. The Labute approximate surface area is 141 Å². The highest BCUT2D eigenvalue weighted by atomic mass is 16.5. The van der Waals surface area contributed by atoms with E-state index in [-0.39, 0.29) is 6.10 Å². The highest BCUT2D eigenvalue weighted by Gasteiger charge is 2.19. The van der Waals surface area contributed by atoms with Crippen LogP contribution in [0, 0.1) is 11.3 Å². The van der Waals surface area contributed by atoms with E-state index in [9.17, 15) is 5.26 Å². The highest BCUT2D eigenvalue weighted by Crippen LogP contribution is 2.33. The quantitative estimate of drug-likeness (QED) is 0.782. The predicted octanol–water partition coefficient (Wildman–Crippen LogP) is 3.87. The first kappa shape index (κ1) is 16.0. The van der Waals surface area contributed by atoms with Crippen molar-refractivity contribution in [2.45, 2.75) is 31.8 Å². The first-order valence-corrected chi connectivity index (χ1v) is 8.03. The molecule has 0 aromatic carbocycles. The smallest absolute Gasteiger partial charge is 0.179 e. The van der Waals surface area contributed by atoms with Crippen molar-refractivity contribution in [3.05, 3.63) is 48.0 Å². The number of nitrogens with zero attached hydrogens (tertiary/aromatic N) is 3. The molecule has 24 heavy (non-hydrogen) atoms. The molecule has 0 bridgehead atoms. The van der Waals surface area contributed by atoms with Gasteiger partial charge in [-0.15, -0.1) is 0 Å². The van der Waals surface area contributed by atoms with Crippen LogP contribution in [0.3, 0.4) is 0 Å². The maximum atomic E-state index is 9.49. The molecule has 0 spiro atoms. The summed E-state index contributed by atoms with van der Waals surface area (Å²) >= 11 is 0. The lowest BCUT2D eigenvalue weighted by molar-refractivity contribution is 0.200. The van der Waals surface area contributed by atoms with Gasteiger partial charge in [-0.1, -0.05) is 6.07 Å². The number of aromatic nitrogens is 2. The van der Waals surface area contributed by atoms with E-state index in [1.54, 1.807) is 37.8 Å². The fraction of sp³-hybridized carbons (Fsp3) is 0.316. The molecule has 5 nitrogen and oxygen atoms in total. The summed E-state index contributed by atoms with van der Waals surface area (Å²) in [7, 11) is 1.59. The van der Waals surface area contributed by atoms with Gasteiger partial charge in [0, 0.05) is 18.5 Å². The van der Waals surface area contributed by atoms with Gasteiger partial charge in [0.25, 0.3) is 0 Å². The van der Waals surface area contributed by atoms with E-state index >= 15 is 0 Å². The molecule has 1 saturated carbocycles. The molecule has 2 aromatic rings. The highest BCUT2D eigenvalue weighted by molar-refractivity contribution is 5.88. The predicted molar refractivity (Wildman–Crippen MR) is 91.4 cm³/mol. The van der Waals surface area contributed by atoms with Gasteiger partial charge < -0.3 is 9.47 Å². The number of pyridine rings is 2. The number of methoxy groups -OCH3 is 1. The number of hydrogen-bond donors (Lipinski definition) is 0. The van der Waals surface area contributed by atoms with Crippen LogP contribution >= 0.6 is 0 Å². The lowest BCUT2D eigenvalue weighted by Gasteiger charge is -2.16. The zero-order valence-corrected chi connectivity index (χ0v) is 13.6. The minimum atomic E-state index is 0.210. The second kappa shape index (κ2) is 7.60. The molecule has 5 heteroatoms. The standard InChI is InChI=1S/C19H19N3O2/c1-23-19-13-22-17(10-18(19)24-16-6-2-3-7-16)15(11-20)9-14-5-4-8-21-12-14/h4-5,8-10,12-13,16H,2-3,6-7H2,1H3. The van der Waals surface area contributed by atoms with Gasteiger partial charge in [-0.25, -0.2) is 0 Å². The van der Waals surface area contributed by atoms with Crippen LogP contribution in [-0.2, 0) is 0 Å². The maximum Gasteiger partial charge on any atom is 0.179 e. The zero-order chi connectivity index (χ0) is 16.8. The van der Waals surface area contributed by atoms with E-state index in [0.717, 1.165) is 18.4 Å². The topological polar surface area (TPSA) is 68.0 Å². The Morgan fingerprint density at radius 3 is 2.79 bits per heavy atom. The molecule has 0 N–H and O–H groups in total. The summed E-state index contributed by atoms with van der Waals surface area (Å²) in [6, 6.07) is 7.70. The molecule has 0 unspecified atom stereocenters. The number of nitriles is 1. The number of rotatable bonds is 5. The minimum Gasteiger partial charge on any atom is -0.491 e. The van der Waals surface area contributed by atoms with E-state index in [0.29, 0.717) is 22.8 Å². The van der Waals surface area contributed by atoms with Crippen molar-refractivity contribution in [1.82, 2.24) is 9.97 Å². The normalized spacial score (nSPS) is 15.1. The van der Waals surface area contributed by atoms with Crippen LogP contribution in [0.25, 0.3) is 11.6 Å². The third-order valence-corrected chi connectivity index (χ3v) is 4.04. The van der Waals surface area contributed by atoms with Crippen LogP contribution in [0.15, 0.2) is 36.8 Å². The molecule has 0 atom stereocenters. The third kappa shape index (κ3) is 3.72. The van der Waals surface area contributed by atoms with Crippen LogP contribution in [0.4, 0.5) is 0 Å². The Balaban J connectivity index is 1.92. The lowest BCUT2D eigenvalue weighted by Crippen LogP contribution is -2.12. The molecule has 122 valence electrons. The summed E-state index contributed by atoms with van der Waals surface area (Å²) in [5, 5.41) is 9.49. The van der Waals surface area contributed by atoms with Crippen molar-refractivity contribution in [2.24, 2.45) is 0 Å². The average Bonchev–Trinajstić information content (AvgIpc) is 3.13. The Morgan fingerprint density at radius 1 is 1.29 bits per heavy atom. The summed E-state index contributed by atoms with van der Waals surface area (Å²) in [6.07, 6.45) is 11.5. The van der Waals surface area contributed by atoms with Gasteiger partial charge in [0.15, 0.2) is 11.5 Å². The Hall–Kier alpha value is -2.87. The molecular formula is C19H19N3O2. The molecule has 2 aromatic heterocycles. The molecule has 1 aliphatic rings. The molecule has 3 rings (SSSR count). The van der Waals surface area contributed by atoms with Crippen molar-refractivity contribution in [1.29, 1.82) is 5.26 Å². The largest absolute Gasteiger partial charge is 0.491 e. The summed E-state index contributed by atoms with van der Waals surface area (Å²) in [6.45, 7) is 0. The summed E-state index contributed by atoms with van der Waals surface area (Å²) in [5.41, 5.74) is 1.88. The third-order valence-electron chi connectivity index (χ3n) is 4.04. The average molecular weight is 321 g/mol. The Morgan fingerprint density at radius 2 is 2.12 bits per heavy atom. The van der Waals surface area contributed by atoms with Crippen molar-refractivity contribution in [3.8, 4) is 17.6 Å². The SMILES string of the molecule is COc1cnc(C(C#N)=Cc2cccnc2)cc1OC1CCCC1. The lowest BCUT2D eigenvalue weighted by atomic mass is 10.1. The van der Waals surface area contributed by atoms with Gasteiger partial charge in [0.05, 0.1) is 30.7 Å². The minimum absolute atomic E-state index is 0.210. The van der Waals surface area contributed by atoms with Gasteiger partial charge in [-0.3, -0.25) is 9.97 Å². The second-order valence-electron chi connectivity index (χ2n) is 5.70. The molecular weight excluding hydrogens is 302 g/mol. The van der Waals surface area contributed by atoms with Gasteiger partial charge in [0.1, 0.15) is 6.07 Å². The van der Waals surface area contributed by atoms with Crippen molar-refractivity contribution in [3.63, 3.8) is 0 Å². The molecule has 0 radical (unpaired) electrons. The van der Waals surface area contributed by atoms with Gasteiger partial charge in [-0.2, -0.15) is 5.26 Å². The van der Waals surface area contributed by atoms with Gasteiger partial charge in [-0.05, 0) is 43.4 Å². The monoisotopic (exact) mass is 321 g/mol. The van der Waals surface area contributed by atoms with Crippen molar-refractivity contribution >= 4 is 11.6 Å². The van der Waals surface area contributed by atoms with Crippen molar-refractivity contribution in [2.75, 3.05) is 7.11 Å². The van der Waals surface area contributed by atoms with E-state index < -0.39 is 0 Å². The van der Waals surface area contributed by atoms with Gasteiger partial charge in [0.2, 0.25) is 0 Å². The molecule has 1 aliphatic carbocycles. The molecule has 0 amide bonds. The Bertz CT molecular complexity index is 760. The number of ether oxygens (including phenoxy) is 2. The van der Waals surface area contributed by atoms with E-state index in [2.05, 4.69) is 16.0 Å². The van der Waals surface area contributed by atoms with E-state index in [1.807, 2.05) is 12.1 Å². The molecule has 0 saturated heterocycles. The number of allylic oxidation sites excluding steroid dienone is 1. The first-order chi connectivity index (χ1) is 11.8. The fourth-order valence-electron chi connectivity index (χ4n) is 2.79. The van der Waals surface area contributed by atoms with Crippen LogP contribution in [0.2, 0.25) is 0 Å². The molecule has 1 fully saturated rings. The number of hydrogen-bond acceptors (Lipinski definition) is 5. The van der Waals surface area contributed by atoms with Crippen LogP contribution in [0.1, 0.15) is 36.9 Å². The van der Waals surface area contributed by atoms with E-state index in [4.69, 9.17) is 9.47 Å². The summed E-state index contributed by atoms with van der Waals surface area (Å²) in [5.74, 6) is 1.23. The first-order valence-electron chi connectivity index (χ1n) is 8.03. The Kier molecular flexibility index (Phi) is 5.07. The molecule has 0 aliphatic heterocycles. The maximum absolute atomic E-state index is 9.49. The van der Waals surface area contributed by atoms with Crippen LogP contribution in [0.5, 0.6) is 11.5 Å². The van der Waals surface area contributed by atoms with Gasteiger partial charge >= 0.3 is 0 Å². The summed E-state index contributed by atoms with van der Waals surface area (Å²) < 4.78 is 11.4. The van der Waals surface area contributed by atoms with Crippen molar-refractivity contribution < 1.29 is 9.47 Å².